The molecule has 1 amide bonds. The molecule has 0 saturated carbocycles. The molecule has 0 spiro atoms. The number of aromatic nitrogens is 3. The molecule has 3 heterocycles. The van der Waals surface area contributed by atoms with Crippen LogP contribution in [0.5, 0.6) is 0 Å². The highest BCUT2D eigenvalue weighted by atomic mass is 16.1. The SMILES string of the molecule is CN(C)Cc1ccnc(NC(=O)[C@H]2CCn3c(cnc3-c3ccccc3)C2)c1. The summed E-state index contributed by atoms with van der Waals surface area (Å²) in [6, 6.07) is 14.1. The molecule has 1 aliphatic rings. The third kappa shape index (κ3) is 3.97. The largest absolute Gasteiger partial charge is 0.328 e. The summed E-state index contributed by atoms with van der Waals surface area (Å²) in [5.74, 6) is 1.57. The molecule has 1 aliphatic heterocycles. The van der Waals surface area contributed by atoms with Crippen molar-refractivity contribution in [2.24, 2.45) is 5.92 Å². The summed E-state index contributed by atoms with van der Waals surface area (Å²) >= 11 is 0. The molecule has 0 unspecified atom stereocenters. The summed E-state index contributed by atoms with van der Waals surface area (Å²) < 4.78 is 2.23. The number of fused-ring (bicyclic) bond motifs is 1. The highest BCUT2D eigenvalue weighted by molar-refractivity contribution is 5.92. The third-order valence-electron chi connectivity index (χ3n) is 5.07. The second kappa shape index (κ2) is 7.94. The summed E-state index contributed by atoms with van der Waals surface area (Å²) in [5, 5.41) is 3.00. The molecule has 0 aliphatic carbocycles. The van der Waals surface area contributed by atoms with E-state index in [2.05, 4.69) is 36.9 Å². The van der Waals surface area contributed by atoms with Gasteiger partial charge in [0.25, 0.3) is 0 Å². The fraction of sp³-hybridized carbons (Fsp3) is 0.318. The lowest BCUT2D eigenvalue weighted by atomic mass is 9.95. The molecule has 0 fully saturated rings. The van der Waals surface area contributed by atoms with Crippen molar-refractivity contribution in [2.45, 2.75) is 25.9 Å². The highest BCUT2D eigenvalue weighted by Crippen LogP contribution is 2.27. The van der Waals surface area contributed by atoms with Gasteiger partial charge in [-0.25, -0.2) is 9.97 Å². The minimum absolute atomic E-state index is 0.0308. The van der Waals surface area contributed by atoms with Crippen LogP contribution in [0.25, 0.3) is 11.4 Å². The lowest BCUT2D eigenvalue weighted by Crippen LogP contribution is -2.30. The fourth-order valence-corrected chi connectivity index (χ4v) is 3.74. The zero-order valence-electron chi connectivity index (χ0n) is 16.3. The Balaban J connectivity index is 1.45. The van der Waals surface area contributed by atoms with Gasteiger partial charge in [0.15, 0.2) is 0 Å². The van der Waals surface area contributed by atoms with E-state index in [1.165, 1.54) is 0 Å². The van der Waals surface area contributed by atoms with Crippen molar-refractivity contribution in [3.63, 3.8) is 0 Å². The molecule has 1 aromatic carbocycles. The average molecular weight is 375 g/mol. The second-order valence-corrected chi connectivity index (χ2v) is 7.56. The first-order valence-corrected chi connectivity index (χ1v) is 9.60. The summed E-state index contributed by atoms with van der Waals surface area (Å²) in [4.78, 5) is 23.8. The van der Waals surface area contributed by atoms with Gasteiger partial charge in [0.2, 0.25) is 5.91 Å². The van der Waals surface area contributed by atoms with Crippen molar-refractivity contribution in [3.8, 4) is 11.4 Å². The molecule has 4 rings (SSSR count). The number of carbonyl (C=O) groups is 1. The van der Waals surface area contributed by atoms with E-state index in [-0.39, 0.29) is 11.8 Å². The predicted octanol–water partition coefficient (Wildman–Crippen LogP) is 3.21. The maximum Gasteiger partial charge on any atom is 0.229 e. The lowest BCUT2D eigenvalue weighted by molar-refractivity contribution is -0.120. The Kier molecular flexibility index (Phi) is 5.21. The van der Waals surface area contributed by atoms with Crippen molar-refractivity contribution in [2.75, 3.05) is 19.4 Å². The Morgan fingerprint density at radius 3 is 2.82 bits per heavy atom. The zero-order chi connectivity index (χ0) is 19.5. The normalized spacial score (nSPS) is 16.0. The number of nitrogens with one attached hydrogen (secondary N) is 1. The van der Waals surface area contributed by atoms with Crippen LogP contribution in [0.2, 0.25) is 0 Å². The van der Waals surface area contributed by atoms with E-state index in [1.807, 2.05) is 50.6 Å². The van der Waals surface area contributed by atoms with Gasteiger partial charge in [-0.15, -0.1) is 0 Å². The van der Waals surface area contributed by atoms with Crippen LogP contribution in [0.4, 0.5) is 5.82 Å². The van der Waals surface area contributed by atoms with E-state index in [9.17, 15) is 4.79 Å². The Morgan fingerprint density at radius 2 is 2.04 bits per heavy atom. The van der Waals surface area contributed by atoms with Crippen LogP contribution in [-0.2, 0) is 24.3 Å². The molecule has 0 radical (unpaired) electrons. The van der Waals surface area contributed by atoms with E-state index in [0.717, 1.165) is 42.2 Å². The summed E-state index contributed by atoms with van der Waals surface area (Å²) in [7, 11) is 4.04. The number of carbonyl (C=O) groups excluding carboxylic acids is 1. The van der Waals surface area contributed by atoms with Crippen molar-refractivity contribution in [1.82, 2.24) is 19.4 Å². The van der Waals surface area contributed by atoms with Crippen LogP contribution < -0.4 is 5.32 Å². The summed E-state index contributed by atoms with van der Waals surface area (Å²) in [6.07, 6.45) is 5.14. The molecule has 144 valence electrons. The number of anilines is 1. The van der Waals surface area contributed by atoms with Crippen LogP contribution in [0.15, 0.2) is 54.9 Å². The first kappa shape index (κ1) is 18.4. The van der Waals surface area contributed by atoms with E-state index >= 15 is 0 Å². The third-order valence-corrected chi connectivity index (χ3v) is 5.07. The molecule has 2 aromatic heterocycles. The quantitative estimate of drug-likeness (QED) is 0.744. The Bertz CT molecular complexity index is 964. The molecule has 1 N–H and O–H groups in total. The van der Waals surface area contributed by atoms with Gasteiger partial charge in [-0.05, 0) is 38.2 Å². The van der Waals surface area contributed by atoms with Crippen LogP contribution in [-0.4, -0.2) is 39.4 Å². The van der Waals surface area contributed by atoms with Crippen molar-refractivity contribution < 1.29 is 4.79 Å². The number of imidazole rings is 1. The van der Waals surface area contributed by atoms with Gasteiger partial charge >= 0.3 is 0 Å². The van der Waals surface area contributed by atoms with Gasteiger partial charge < -0.3 is 14.8 Å². The molecular weight excluding hydrogens is 350 g/mol. The molecule has 28 heavy (non-hydrogen) atoms. The first-order valence-electron chi connectivity index (χ1n) is 9.60. The van der Waals surface area contributed by atoms with Gasteiger partial charge in [0.05, 0.1) is 0 Å². The molecule has 3 aromatic rings. The molecular formula is C22H25N5O. The van der Waals surface area contributed by atoms with Gasteiger partial charge in [0, 0.05) is 49.1 Å². The topological polar surface area (TPSA) is 63.1 Å². The Hall–Kier alpha value is -2.99. The second-order valence-electron chi connectivity index (χ2n) is 7.56. The van der Waals surface area contributed by atoms with Gasteiger partial charge in [-0.3, -0.25) is 4.79 Å². The van der Waals surface area contributed by atoms with Crippen LogP contribution in [0.1, 0.15) is 17.7 Å². The van der Waals surface area contributed by atoms with Crippen LogP contribution >= 0.6 is 0 Å². The standard InChI is InChI=1S/C22H25N5O/c1-26(2)15-16-8-10-23-20(12-16)25-22(28)18-9-11-27-19(13-18)14-24-21(27)17-6-4-3-5-7-17/h3-8,10,12,14,18H,9,11,13,15H2,1-2H3,(H,23,25,28)/t18-/m0/s1. The minimum atomic E-state index is -0.0628. The van der Waals surface area contributed by atoms with Crippen molar-refractivity contribution >= 4 is 11.7 Å². The fourth-order valence-electron chi connectivity index (χ4n) is 3.74. The van der Waals surface area contributed by atoms with Crippen LogP contribution in [0, 0.1) is 5.92 Å². The number of benzene rings is 1. The molecule has 6 nitrogen and oxygen atoms in total. The van der Waals surface area contributed by atoms with Gasteiger partial charge in [0.1, 0.15) is 11.6 Å². The minimum Gasteiger partial charge on any atom is -0.328 e. The smallest absolute Gasteiger partial charge is 0.229 e. The predicted molar refractivity (Wildman–Crippen MR) is 110 cm³/mol. The number of hydrogen-bond donors (Lipinski definition) is 1. The number of amides is 1. The monoisotopic (exact) mass is 375 g/mol. The molecule has 0 bridgehead atoms. The summed E-state index contributed by atoms with van der Waals surface area (Å²) in [6.45, 7) is 1.61. The van der Waals surface area contributed by atoms with Gasteiger partial charge in [-0.2, -0.15) is 0 Å². The van der Waals surface area contributed by atoms with E-state index in [0.29, 0.717) is 12.2 Å². The lowest BCUT2D eigenvalue weighted by Gasteiger charge is -2.24. The van der Waals surface area contributed by atoms with Crippen LogP contribution in [0.3, 0.4) is 0 Å². The number of pyridine rings is 1. The highest BCUT2D eigenvalue weighted by Gasteiger charge is 2.27. The first-order chi connectivity index (χ1) is 13.6. The average Bonchev–Trinajstić information content (AvgIpc) is 3.11. The maximum absolute atomic E-state index is 12.8. The van der Waals surface area contributed by atoms with E-state index < -0.39 is 0 Å². The van der Waals surface area contributed by atoms with Gasteiger partial charge in [-0.1, -0.05) is 30.3 Å². The molecule has 1 atom stereocenters. The summed E-state index contributed by atoms with van der Waals surface area (Å²) in [5.41, 5.74) is 3.35. The Labute approximate surface area is 165 Å². The van der Waals surface area contributed by atoms with E-state index in [1.54, 1.807) is 6.20 Å². The number of hydrogen-bond acceptors (Lipinski definition) is 4. The zero-order valence-corrected chi connectivity index (χ0v) is 16.3. The molecule has 6 heteroatoms. The Morgan fingerprint density at radius 1 is 1.21 bits per heavy atom. The van der Waals surface area contributed by atoms with E-state index in [4.69, 9.17) is 0 Å². The maximum atomic E-state index is 12.8. The van der Waals surface area contributed by atoms with Crippen molar-refractivity contribution in [3.05, 3.63) is 66.1 Å². The molecule has 0 saturated heterocycles. The number of nitrogens with zero attached hydrogens (tertiary/aromatic N) is 4. The number of rotatable bonds is 5. The van der Waals surface area contributed by atoms with Crippen molar-refractivity contribution in [1.29, 1.82) is 0 Å².